The minimum Gasteiger partial charge on any atom is -0.370 e. The third-order valence-electron chi connectivity index (χ3n) is 6.62. The zero-order valence-corrected chi connectivity index (χ0v) is 21.7. The Balaban J connectivity index is 1.47. The molecule has 9 nitrogen and oxygen atoms in total. The van der Waals surface area contributed by atoms with Crippen LogP contribution >= 0.6 is 23.1 Å². The summed E-state index contributed by atoms with van der Waals surface area (Å²) in [5.74, 6) is 0.681. The number of aromatic nitrogens is 1. The second kappa shape index (κ2) is 12.4. The zero-order valence-electron chi connectivity index (χ0n) is 20.0. The summed E-state index contributed by atoms with van der Waals surface area (Å²) in [5.41, 5.74) is 11.9. The first kappa shape index (κ1) is 26.2. The molecule has 0 bridgehead atoms. The maximum Gasteiger partial charge on any atom is 0.244 e. The van der Waals surface area contributed by atoms with Crippen LogP contribution in [-0.4, -0.2) is 69.6 Å². The molecule has 192 valence electrons. The van der Waals surface area contributed by atoms with E-state index in [1.165, 1.54) is 11.3 Å². The van der Waals surface area contributed by atoms with Crippen molar-refractivity contribution in [2.45, 2.75) is 50.2 Å². The van der Waals surface area contributed by atoms with Crippen molar-refractivity contribution in [3.05, 3.63) is 52.5 Å². The number of fused-ring (bicyclic) bond motifs is 1. The minimum absolute atomic E-state index is 0.0132. The number of nitrogens with zero attached hydrogens (tertiary/aromatic N) is 3. The molecule has 11 heteroatoms. The molecule has 0 radical (unpaired) electrons. The van der Waals surface area contributed by atoms with E-state index >= 15 is 0 Å². The molecular weight excluding hydrogens is 496 g/mol. The monoisotopic (exact) mass is 528 g/mol. The van der Waals surface area contributed by atoms with Gasteiger partial charge in [-0.3, -0.25) is 19.4 Å². The molecular formula is C25H32N6O3S2. The number of piperidine rings is 1. The van der Waals surface area contributed by atoms with E-state index in [0.29, 0.717) is 36.6 Å². The number of hydrogen-bond donors (Lipinski definition) is 3. The fourth-order valence-corrected chi connectivity index (χ4v) is 6.74. The summed E-state index contributed by atoms with van der Waals surface area (Å²) in [6, 6.07) is 8.66. The summed E-state index contributed by atoms with van der Waals surface area (Å²) in [4.78, 5) is 50.1. The fourth-order valence-electron chi connectivity index (χ4n) is 4.84. The molecule has 1 aromatic carbocycles. The van der Waals surface area contributed by atoms with Crippen LogP contribution in [0.2, 0.25) is 0 Å². The van der Waals surface area contributed by atoms with Crippen molar-refractivity contribution >= 4 is 46.7 Å². The average molecular weight is 529 g/mol. The smallest absolute Gasteiger partial charge is 0.244 e. The Labute approximate surface area is 219 Å². The standard InChI is InChI=1S/C25H32N6O3S2/c26-25(27)29-10-4-7-19(21(32)23-28-11-12-36-23)30-22(33)20-15-35-14-18-9-8-17(24(34)31(18)20)13-16-5-2-1-3-6-16/h1-3,5-6,11-12,17-20H,4,7-10,13-15H2,(H,30,33)(H4,26,27,29)/t17-,18+,19-,20-/m0/s1. The van der Waals surface area contributed by atoms with Gasteiger partial charge in [0, 0.05) is 41.6 Å². The van der Waals surface area contributed by atoms with Crippen LogP contribution in [-0.2, 0) is 16.0 Å². The third kappa shape index (κ3) is 6.44. The van der Waals surface area contributed by atoms with E-state index in [0.717, 1.165) is 24.2 Å². The van der Waals surface area contributed by atoms with Gasteiger partial charge in [0.25, 0.3) is 0 Å². The van der Waals surface area contributed by atoms with Gasteiger partial charge in [0.1, 0.15) is 6.04 Å². The van der Waals surface area contributed by atoms with Crippen LogP contribution in [0.1, 0.15) is 41.0 Å². The molecule has 0 spiro atoms. The van der Waals surface area contributed by atoms with Crippen molar-refractivity contribution in [3.8, 4) is 0 Å². The van der Waals surface area contributed by atoms with Gasteiger partial charge in [0.2, 0.25) is 17.6 Å². The number of carbonyl (C=O) groups is 3. The largest absolute Gasteiger partial charge is 0.370 e. The molecule has 1 aromatic heterocycles. The Hall–Kier alpha value is -2.92. The van der Waals surface area contributed by atoms with Crippen molar-refractivity contribution in [2.24, 2.45) is 22.4 Å². The number of guanidine groups is 1. The van der Waals surface area contributed by atoms with Crippen molar-refractivity contribution in [1.29, 1.82) is 0 Å². The lowest BCUT2D eigenvalue weighted by Crippen LogP contribution is -2.63. The van der Waals surface area contributed by atoms with E-state index < -0.39 is 12.1 Å². The van der Waals surface area contributed by atoms with Gasteiger partial charge < -0.3 is 21.7 Å². The van der Waals surface area contributed by atoms with Gasteiger partial charge in [-0.15, -0.1) is 11.3 Å². The molecule has 0 saturated carbocycles. The summed E-state index contributed by atoms with van der Waals surface area (Å²) in [7, 11) is 0. The van der Waals surface area contributed by atoms with Crippen molar-refractivity contribution in [1.82, 2.24) is 15.2 Å². The second-order valence-corrected chi connectivity index (χ2v) is 11.1. The Morgan fingerprint density at radius 2 is 2.00 bits per heavy atom. The number of aliphatic imine (C=N–C) groups is 1. The molecule has 4 atom stereocenters. The molecule has 0 aliphatic carbocycles. The van der Waals surface area contributed by atoms with E-state index in [-0.39, 0.29) is 35.5 Å². The zero-order chi connectivity index (χ0) is 25.5. The summed E-state index contributed by atoms with van der Waals surface area (Å²) in [6.07, 6.45) is 4.82. The molecule has 2 saturated heterocycles. The molecule has 2 aromatic rings. The van der Waals surface area contributed by atoms with E-state index in [9.17, 15) is 14.4 Å². The lowest BCUT2D eigenvalue weighted by Gasteiger charge is -2.46. The van der Waals surface area contributed by atoms with Gasteiger partial charge in [0.05, 0.1) is 6.04 Å². The lowest BCUT2D eigenvalue weighted by atomic mass is 9.86. The van der Waals surface area contributed by atoms with Crippen LogP contribution in [0.25, 0.3) is 0 Å². The van der Waals surface area contributed by atoms with E-state index in [1.807, 2.05) is 30.3 Å². The van der Waals surface area contributed by atoms with Gasteiger partial charge in [-0.05, 0) is 37.7 Å². The minimum atomic E-state index is -0.761. The number of carbonyl (C=O) groups excluding carboxylic acids is 3. The molecule has 4 rings (SSSR count). The predicted molar refractivity (Wildman–Crippen MR) is 143 cm³/mol. The van der Waals surface area contributed by atoms with Crippen LogP contribution in [0.15, 0.2) is 46.9 Å². The highest BCUT2D eigenvalue weighted by molar-refractivity contribution is 7.99. The number of Topliss-reactive ketones (excluding diaryl/α,β-unsaturated/α-hetero) is 1. The molecule has 5 N–H and O–H groups in total. The van der Waals surface area contributed by atoms with Crippen molar-refractivity contribution in [2.75, 3.05) is 18.1 Å². The first-order valence-electron chi connectivity index (χ1n) is 12.2. The predicted octanol–water partition coefficient (Wildman–Crippen LogP) is 1.83. The number of thioether (sulfide) groups is 1. The Morgan fingerprint density at radius 1 is 1.19 bits per heavy atom. The SMILES string of the molecule is NC(N)=NCCC[C@H](NC(=O)[C@@H]1CSC[C@H]2CC[C@@H](Cc3ccccc3)C(=O)N21)C(=O)c1nccs1. The Kier molecular flexibility index (Phi) is 8.98. The molecule has 3 heterocycles. The maximum atomic E-state index is 13.6. The number of nitrogens with one attached hydrogen (secondary N) is 1. The van der Waals surface area contributed by atoms with Crippen molar-refractivity contribution in [3.63, 3.8) is 0 Å². The molecule has 2 aliphatic heterocycles. The van der Waals surface area contributed by atoms with Crippen molar-refractivity contribution < 1.29 is 14.4 Å². The van der Waals surface area contributed by atoms with Crippen LogP contribution in [0.4, 0.5) is 0 Å². The number of nitrogens with two attached hydrogens (primary N) is 2. The topological polar surface area (TPSA) is 144 Å². The molecule has 0 unspecified atom stereocenters. The molecule has 36 heavy (non-hydrogen) atoms. The summed E-state index contributed by atoms with van der Waals surface area (Å²) < 4.78 is 0. The van der Waals surface area contributed by atoms with E-state index in [2.05, 4.69) is 15.3 Å². The van der Waals surface area contributed by atoms with Gasteiger partial charge in [0.15, 0.2) is 11.0 Å². The highest BCUT2D eigenvalue weighted by atomic mass is 32.2. The number of thiazole rings is 1. The van der Waals surface area contributed by atoms with E-state index in [4.69, 9.17) is 11.5 Å². The molecule has 2 fully saturated rings. The summed E-state index contributed by atoms with van der Waals surface area (Å²) >= 11 is 2.92. The first-order valence-corrected chi connectivity index (χ1v) is 14.2. The number of hydrogen-bond acceptors (Lipinski definition) is 7. The number of rotatable bonds is 10. The number of benzene rings is 1. The highest BCUT2D eigenvalue weighted by Crippen LogP contribution is 2.34. The molecule has 2 aliphatic rings. The van der Waals surface area contributed by atoms with Crippen LogP contribution in [0.3, 0.4) is 0 Å². The van der Waals surface area contributed by atoms with Crippen LogP contribution < -0.4 is 16.8 Å². The maximum absolute atomic E-state index is 13.6. The highest BCUT2D eigenvalue weighted by Gasteiger charge is 2.44. The normalized spacial score (nSPS) is 22.4. The first-order chi connectivity index (χ1) is 17.4. The third-order valence-corrected chi connectivity index (χ3v) is 8.58. The number of amides is 2. The average Bonchev–Trinajstić information content (AvgIpc) is 3.42. The lowest BCUT2D eigenvalue weighted by molar-refractivity contribution is -0.149. The van der Waals surface area contributed by atoms with Gasteiger partial charge >= 0.3 is 0 Å². The summed E-state index contributed by atoms with van der Waals surface area (Å²) in [6.45, 7) is 0.354. The van der Waals surface area contributed by atoms with Gasteiger partial charge in [-0.1, -0.05) is 30.3 Å². The quantitative estimate of drug-likeness (QED) is 0.185. The van der Waals surface area contributed by atoms with E-state index in [1.54, 1.807) is 28.2 Å². The van der Waals surface area contributed by atoms with Crippen LogP contribution in [0.5, 0.6) is 0 Å². The second-order valence-electron chi connectivity index (χ2n) is 9.13. The van der Waals surface area contributed by atoms with Gasteiger partial charge in [-0.2, -0.15) is 11.8 Å². The van der Waals surface area contributed by atoms with Gasteiger partial charge in [-0.25, -0.2) is 4.98 Å². The molecule has 2 amide bonds. The summed E-state index contributed by atoms with van der Waals surface area (Å²) in [5, 5.41) is 5.01. The van der Waals surface area contributed by atoms with Crippen LogP contribution in [0, 0.1) is 5.92 Å². The number of ketones is 1. The Bertz CT molecular complexity index is 1070. The Morgan fingerprint density at radius 3 is 2.72 bits per heavy atom. The fraction of sp³-hybridized carbons (Fsp3) is 0.480.